The van der Waals surface area contributed by atoms with Crippen molar-refractivity contribution in [3.05, 3.63) is 32.2 Å². The van der Waals surface area contributed by atoms with Crippen LogP contribution in [0.5, 0.6) is 0 Å². The normalized spacial score (nSPS) is 11.1. The number of carbonyl (C=O) groups is 1. The molecule has 22 heavy (non-hydrogen) atoms. The molecular formula is C14H14N4O3S. The lowest BCUT2D eigenvalue weighted by Gasteiger charge is -1.97. The van der Waals surface area contributed by atoms with Crippen molar-refractivity contribution < 1.29 is 9.53 Å². The Kier molecular flexibility index (Phi) is 3.32. The third kappa shape index (κ3) is 2.12. The van der Waals surface area contributed by atoms with Gasteiger partial charge in [-0.1, -0.05) is 0 Å². The predicted octanol–water partition coefficient (Wildman–Crippen LogP) is 2.09. The molecule has 0 fully saturated rings. The Morgan fingerprint density at radius 2 is 1.82 bits per heavy atom. The van der Waals surface area contributed by atoms with E-state index in [2.05, 4.69) is 19.9 Å². The molecule has 0 saturated heterocycles. The topological polar surface area (TPSA) is 101 Å². The van der Waals surface area contributed by atoms with Gasteiger partial charge < -0.3 is 14.7 Å². The molecular weight excluding hydrogens is 304 g/mol. The maximum absolute atomic E-state index is 12.3. The van der Waals surface area contributed by atoms with Crippen LogP contribution in [-0.4, -0.2) is 33.0 Å². The van der Waals surface area contributed by atoms with Crippen LogP contribution < -0.4 is 5.56 Å². The summed E-state index contributed by atoms with van der Waals surface area (Å²) in [6.07, 6.45) is 0. The molecule has 114 valence electrons. The van der Waals surface area contributed by atoms with E-state index in [0.29, 0.717) is 32.3 Å². The Bertz CT molecular complexity index is 932. The number of rotatable bonds is 2. The van der Waals surface area contributed by atoms with Crippen molar-refractivity contribution in [2.24, 2.45) is 0 Å². The van der Waals surface area contributed by atoms with Gasteiger partial charge >= 0.3 is 5.97 Å². The van der Waals surface area contributed by atoms with Gasteiger partial charge in [0, 0.05) is 5.69 Å². The number of methoxy groups -OCH3 is 1. The van der Waals surface area contributed by atoms with Gasteiger partial charge in [-0.2, -0.15) is 0 Å². The summed E-state index contributed by atoms with van der Waals surface area (Å²) in [6, 6.07) is 0. The number of imidazole rings is 1. The Morgan fingerprint density at radius 3 is 2.41 bits per heavy atom. The van der Waals surface area contributed by atoms with Gasteiger partial charge in [-0.3, -0.25) is 4.79 Å². The molecule has 7 nitrogen and oxygen atoms in total. The highest BCUT2D eigenvalue weighted by atomic mass is 32.1. The summed E-state index contributed by atoms with van der Waals surface area (Å²) in [5.41, 5.74) is 2.04. The fourth-order valence-corrected chi connectivity index (χ4v) is 3.30. The fourth-order valence-electron chi connectivity index (χ4n) is 2.20. The van der Waals surface area contributed by atoms with E-state index in [1.165, 1.54) is 7.11 Å². The number of nitrogens with one attached hydrogen (secondary N) is 2. The molecule has 0 unspecified atom stereocenters. The molecule has 0 aliphatic carbocycles. The number of fused-ring (bicyclic) bond motifs is 1. The third-order valence-electron chi connectivity index (χ3n) is 3.52. The first-order valence-electron chi connectivity index (χ1n) is 6.57. The summed E-state index contributed by atoms with van der Waals surface area (Å²) in [5, 5.41) is 0.411. The monoisotopic (exact) mass is 318 g/mol. The maximum atomic E-state index is 12.3. The Hall–Kier alpha value is -2.48. The first-order valence-corrected chi connectivity index (χ1v) is 7.39. The second-order valence-electron chi connectivity index (χ2n) is 4.94. The van der Waals surface area contributed by atoms with Crippen LogP contribution in [0.1, 0.15) is 26.6 Å². The number of aromatic amines is 2. The van der Waals surface area contributed by atoms with Crippen LogP contribution in [0.15, 0.2) is 4.79 Å². The SMILES string of the molecule is COC(=O)c1sc2nc(-c3nc(C)c(C)[nH]3)[nH]c(=O)c2c1C. The zero-order valence-electron chi connectivity index (χ0n) is 12.5. The number of H-pyrrole nitrogens is 2. The number of aromatic nitrogens is 4. The molecule has 0 radical (unpaired) electrons. The largest absolute Gasteiger partial charge is 0.465 e. The van der Waals surface area contributed by atoms with Gasteiger partial charge in [-0.15, -0.1) is 11.3 Å². The molecule has 0 aliphatic rings. The number of thiophene rings is 1. The second kappa shape index (κ2) is 5.06. The van der Waals surface area contributed by atoms with Gasteiger partial charge in [0.25, 0.3) is 5.56 Å². The van der Waals surface area contributed by atoms with Crippen molar-refractivity contribution >= 4 is 27.5 Å². The predicted molar refractivity (Wildman–Crippen MR) is 83.4 cm³/mol. The molecule has 0 bridgehead atoms. The lowest BCUT2D eigenvalue weighted by Crippen LogP contribution is -2.10. The summed E-state index contributed by atoms with van der Waals surface area (Å²) >= 11 is 1.14. The Balaban J connectivity index is 2.25. The summed E-state index contributed by atoms with van der Waals surface area (Å²) in [4.78, 5) is 39.5. The average Bonchev–Trinajstić information content (AvgIpc) is 2.99. The van der Waals surface area contributed by atoms with Crippen LogP contribution in [0.3, 0.4) is 0 Å². The quantitative estimate of drug-likeness (QED) is 0.705. The molecule has 8 heteroatoms. The summed E-state index contributed by atoms with van der Waals surface area (Å²) < 4.78 is 4.73. The smallest absolute Gasteiger partial charge is 0.348 e. The Morgan fingerprint density at radius 1 is 1.14 bits per heavy atom. The number of nitrogens with zero attached hydrogens (tertiary/aromatic N) is 2. The molecule has 0 saturated carbocycles. The standard InChI is InChI=1S/C14H14N4O3S/c1-5-8-12(19)17-11(10-15-6(2)7(3)16-10)18-13(8)22-9(5)14(20)21-4/h1-4H3,(H,15,16)(H,17,18,19). The van der Waals surface area contributed by atoms with Gasteiger partial charge in [0.1, 0.15) is 9.71 Å². The molecule has 3 heterocycles. The van der Waals surface area contributed by atoms with Crippen LogP contribution in [-0.2, 0) is 4.74 Å². The molecule has 0 aromatic carbocycles. The van der Waals surface area contributed by atoms with Gasteiger partial charge in [0.15, 0.2) is 11.6 Å². The fraction of sp³-hybridized carbons (Fsp3) is 0.286. The van der Waals surface area contributed by atoms with E-state index in [1.54, 1.807) is 6.92 Å². The lowest BCUT2D eigenvalue weighted by molar-refractivity contribution is 0.0605. The van der Waals surface area contributed by atoms with Crippen molar-refractivity contribution in [2.75, 3.05) is 7.11 Å². The van der Waals surface area contributed by atoms with Crippen LogP contribution in [0, 0.1) is 20.8 Å². The molecule has 0 amide bonds. The molecule has 3 aromatic heterocycles. The lowest BCUT2D eigenvalue weighted by atomic mass is 10.2. The van der Waals surface area contributed by atoms with Crippen molar-refractivity contribution in [3.63, 3.8) is 0 Å². The van der Waals surface area contributed by atoms with E-state index in [9.17, 15) is 9.59 Å². The van der Waals surface area contributed by atoms with Crippen LogP contribution >= 0.6 is 11.3 Å². The first-order chi connectivity index (χ1) is 10.4. The summed E-state index contributed by atoms with van der Waals surface area (Å²) in [7, 11) is 1.31. The molecule has 3 rings (SSSR count). The third-order valence-corrected chi connectivity index (χ3v) is 4.69. The summed E-state index contributed by atoms with van der Waals surface area (Å²) in [6.45, 7) is 5.48. The highest BCUT2D eigenvalue weighted by Gasteiger charge is 2.20. The van der Waals surface area contributed by atoms with Gasteiger partial charge in [0.2, 0.25) is 0 Å². The summed E-state index contributed by atoms with van der Waals surface area (Å²) in [5.74, 6) is 0.386. The number of hydrogen-bond donors (Lipinski definition) is 2. The van der Waals surface area contributed by atoms with E-state index >= 15 is 0 Å². The Labute approximate surface area is 129 Å². The van der Waals surface area contributed by atoms with E-state index < -0.39 is 5.97 Å². The molecule has 0 atom stereocenters. The minimum absolute atomic E-state index is 0.296. The minimum Gasteiger partial charge on any atom is -0.465 e. The van der Waals surface area contributed by atoms with Crippen molar-refractivity contribution in [1.29, 1.82) is 0 Å². The van der Waals surface area contributed by atoms with Gasteiger partial charge in [-0.25, -0.2) is 14.8 Å². The van der Waals surface area contributed by atoms with E-state index in [1.807, 2.05) is 13.8 Å². The van der Waals surface area contributed by atoms with Crippen molar-refractivity contribution in [3.8, 4) is 11.6 Å². The van der Waals surface area contributed by atoms with E-state index in [-0.39, 0.29) is 5.56 Å². The van der Waals surface area contributed by atoms with Crippen LogP contribution in [0.25, 0.3) is 21.9 Å². The van der Waals surface area contributed by atoms with Crippen molar-refractivity contribution in [2.45, 2.75) is 20.8 Å². The zero-order chi connectivity index (χ0) is 16.0. The maximum Gasteiger partial charge on any atom is 0.348 e. The highest BCUT2D eigenvalue weighted by molar-refractivity contribution is 7.20. The zero-order valence-corrected chi connectivity index (χ0v) is 13.3. The number of esters is 1. The van der Waals surface area contributed by atoms with Gasteiger partial charge in [0.05, 0.1) is 18.2 Å². The van der Waals surface area contributed by atoms with Crippen molar-refractivity contribution in [1.82, 2.24) is 19.9 Å². The van der Waals surface area contributed by atoms with E-state index in [4.69, 9.17) is 4.74 Å². The van der Waals surface area contributed by atoms with E-state index in [0.717, 1.165) is 22.7 Å². The van der Waals surface area contributed by atoms with Crippen LogP contribution in [0.4, 0.5) is 0 Å². The second-order valence-corrected chi connectivity index (χ2v) is 5.94. The number of ether oxygens (including phenoxy) is 1. The highest BCUT2D eigenvalue weighted by Crippen LogP contribution is 2.28. The average molecular weight is 318 g/mol. The number of aryl methyl sites for hydroxylation is 3. The molecule has 0 spiro atoms. The molecule has 2 N–H and O–H groups in total. The van der Waals surface area contributed by atoms with Crippen LogP contribution in [0.2, 0.25) is 0 Å². The number of carbonyl (C=O) groups excluding carboxylic acids is 1. The van der Waals surface area contributed by atoms with Gasteiger partial charge in [-0.05, 0) is 26.3 Å². The molecule has 3 aromatic rings. The minimum atomic E-state index is -0.467. The number of hydrogen-bond acceptors (Lipinski definition) is 6. The molecule has 0 aliphatic heterocycles. The first kappa shape index (κ1) is 14.5.